The van der Waals surface area contributed by atoms with E-state index in [1.807, 2.05) is 27.7 Å². The van der Waals surface area contributed by atoms with Crippen molar-refractivity contribution >= 4 is 33.2 Å². The molecule has 0 fully saturated rings. The number of carbonyl (C=O) groups is 1. The van der Waals surface area contributed by atoms with Gasteiger partial charge in [-0.15, -0.1) is 0 Å². The number of nitrogens with zero attached hydrogens (tertiary/aromatic N) is 1. The van der Waals surface area contributed by atoms with E-state index in [9.17, 15) is 18.3 Å². The number of sulfonamides is 1. The molecule has 0 saturated carbocycles. The fourth-order valence-electron chi connectivity index (χ4n) is 3.59. The number of rotatable bonds is 7. The summed E-state index contributed by atoms with van der Waals surface area (Å²) in [5.74, 6) is -0.345. The first-order chi connectivity index (χ1) is 16.0. The summed E-state index contributed by atoms with van der Waals surface area (Å²) in [6.45, 7) is 7.58. The van der Waals surface area contributed by atoms with Crippen molar-refractivity contribution in [2.45, 2.75) is 44.4 Å². The highest BCUT2D eigenvalue weighted by Crippen LogP contribution is 2.39. The summed E-state index contributed by atoms with van der Waals surface area (Å²) in [6.07, 6.45) is 0. The standard InChI is InChI=1S/C26H28ClNO5S/c1-16(2)23-14-20(15-24(17(3)4)25(23)29)28(26(30)18-6-8-19(27)9-7-18)34(31,32)22-12-10-21(33-5)11-13-22/h6-17,29H,1-5H3. The zero-order valence-corrected chi connectivity index (χ0v) is 21.3. The summed E-state index contributed by atoms with van der Waals surface area (Å²) in [6, 6.07) is 15.0. The lowest BCUT2D eigenvalue weighted by atomic mass is 9.93. The third-order valence-electron chi connectivity index (χ3n) is 5.51. The molecule has 3 aromatic rings. The number of aromatic hydroxyl groups is 1. The molecule has 0 aliphatic rings. The Balaban J connectivity index is 2.29. The van der Waals surface area contributed by atoms with E-state index in [2.05, 4.69) is 0 Å². The van der Waals surface area contributed by atoms with Crippen LogP contribution in [-0.2, 0) is 10.0 Å². The molecule has 6 nitrogen and oxygen atoms in total. The van der Waals surface area contributed by atoms with Gasteiger partial charge in [0, 0.05) is 10.6 Å². The highest BCUT2D eigenvalue weighted by molar-refractivity contribution is 7.93. The number of anilines is 1. The Morgan fingerprint density at radius 3 is 1.85 bits per heavy atom. The summed E-state index contributed by atoms with van der Waals surface area (Å²) < 4.78 is 33.6. The molecule has 0 aromatic heterocycles. The molecule has 3 rings (SSSR count). The van der Waals surface area contributed by atoms with Crippen LogP contribution < -0.4 is 9.04 Å². The summed E-state index contributed by atoms with van der Waals surface area (Å²) in [5.41, 5.74) is 1.42. The molecule has 0 spiro atoms. The maximum absolute atomic E-state index is 13.8. The van der Waals surface area contributed by atoms with Crippen LogP contribution in [0.5, 0.6) is 11.5 Å². The van der Waals surface area contributed by atoms with Crippen LogP contribution in [0.15, 0.2) is 65.6 Å². The number of hydrogen-bond acceptors (Lipinski definition) is 5. The van der Waals surface area contributed by atoms with Crippen LogP contribution >= 0.6 is 11.6 Å². The first-order valence-electron chi connectivity index (χ1n) is 10.8. The Morgan fingerprint density at radius 1 is 0.912 bits per heavy atom. The molecule has 0 unspecified atom stereocenters. The second-order valence-electron chi connectivity index (χ2n) is 8.54. The van der Waals surface area contributed by atoms with Crippen molar-refractivity contribution in [1.82, 2.24) is 0 Å². The van der Waals surface area contributed by atoms with Crippen LogP contribution in [0.1, 0.15) is 61.0 Å². The Labute approximate surface area is 205 Å². The monoisotopic (exact) mass is 501 g/mol. The number of halogens is 1. The number of hydrogen-bond donors (Lipinski definition) is 1. The van der Waals surface area contributed by atoms with Gasteiger partial charge in [0.05, 0.1) is 17.7 Å². The highest BCUT2D eigenvalue weighted by Gasteiger charge is 2.33. The average molecular weight is 502 g/mol. The fourth-order valence-corrected chi connectivity index (χ4v) is 5.11. The maximum atomic E-state index is 13.8. The molecule has 0 aliphatic carbocycles. The molecular weight excluding hydrogens is 474 g/mol. The van der Waals surface area contributed by atoms with E-state index in [-0.39, 0.29) is 33.7 Å². The van der Waals surface area contributed by atoms with E-state index < -0.39 is 15.9 Å². The van der Waals surface area contributed by atoms with Crippen molar-refractivity contribution in [1.29, 1.82) is 0 Å². The summed E-state index contributed by atoms with van der Waals surface area (Å²) in [4.78, 5) is 13.6. The lowest BCUT2D eigenvalue weighted by Gasteiger charge is -2.26. The van der Waals surface area contributed by atoms with Crippen LogP contribution in [0.25, 0.3) is 0 Å². The van der Waals surface area contributed by atoms with Crippen molar-refractivity contribution in [2.75, 3.05) is 11.4 Å². The van der Waals surface area contributed by atoms with Crippen LogP contribution in [0, 0.1) is 0 Å². The van der Waals surface area contributed by atoms with E-state index >= 15 is 0 Å². The Morgan fingerprint density at radius 2 is 1.41 bits per heavy atom. The van der Waals surface area contributed by atoms with Crippen molar-refractivity contribution in [3.05, 3.63) is 82.4 Å². The predicted octanol–water partition coefficient (Wildman–Crippen LogP) is 6.34. The van der Waals surface area contributed by atoms with E-state index in [4.69, 9.17) is 16.3 Å². The van der Waals surface area contributed by atoms with Gasteiger partial charge in [0.2, 0.25) is 0 Å². The van der Waals surface area contributed by atoms with Gasteiger partial charge in [-0.25, -0.2) is 8.42 Å². The van der Waals surface area contributed by atoms with Crippen molar-refractivity contribution in [2.24, 2.45) is 0 Å². The van der Waals surface area contributed by atoms with Gasteiger partial charge in [-0.3, -0.25) is 4.79 Å². The number of amides is 1. The molecule has 0 saturated heterocycles. The van der Waals surface area contributed by atoms with Crippen LogP contribution in [0.4, 0.5) is 5.69 Å². The van der Waals surface area contributed by atoms with Gasteiger partial charge in [0.15, 0.2) is 0 Å². The Hall–Kier alpha value is -3.03. The van der Waals surface area contributed by atoms with E-state index in [0.717, 1.165) is 4.31 Å². The number of carbonyl (C=O) groups excluding carboxylic acids is 1. The summed E-state index contributed by atoms with van der Waals surface area (Å²) >= 11 is 5.97. The molecule has 0 atom stereocenters. The normalized spacial score (nSPS) is 11.6. The maximum Gasteiger partial charge on any atom is 0.272 e. The van der Waals surface area contributed by atoms with Gasteiger partial charge in [-0.2, -0.15) is 4.31 Å². The smallest absolute Gasteiger partial charge is 0.272 e. The molecule has 0 radical (unpaired) electrons. The number of ether oxygens (including phenoxy) is 1. The summed E-state index contributed by atoms with van der Waals surface area (Å²) in [7, 11) is -2.84. The van der Waals surface area contributed by atoms with Crippen LogP contribution in [0.3, 0.4) is 0 Å². The first kappa shape index (κ1) is 25.6. The van der Waals surface area contributed by atoms with Crippen LogP contribution in [-0.4, -0.2) is 26.5 Å². The minimum atomic E-state index is -4.32. The predicted molar refractivity (Wildman–Crippen MR) is 135 cm³/mol. The fraction of sp³-hybridized carbons (Fsp3) is 0.269. The lowest BCUT2D eigenvalue weighted by molar-refractivity contribution is 0.101. The number of benzene rings is 3. The van der Waals surface area contributed by atoms with Crippen molar-refractivity contribution in [3.63, 3.8) is 0 Å². The topological polar surface area (TPSA) is 83.9 Å². The third kappa shape index (κ3) is 5.05. The third-order valence-corrected chi connectivity index (χ3v) is 7.48. The second kappa shape index (κ2) is 10.1. The average Bonchev–Trinajstić information content (AvgIpc) is 2.80. The second-order valence-corrected chi connectivity index (χ2v) is 10.8. The molecule has 0 bridgehead atoms. The molecular formula is C26H28ClNO5S. The number of phenols is 1. The van der Waals surface area contributed by atoms with Crippen molar-refractivity contribution in [3.8, 4) is 11.5 Å². The molecule has 0 heterocycles. The first-order valence-corrected chi connectivity index (χ1v) is 12.6. The minimum absolute atomic E-state index is 0.0686. The quantitative estimate of drug-likeness (QED) is 0.408. The summed E-state index contributed by atoms with van der Waals surface area (Å²) in [5, 5.41) is 11.2. The van der Waals surface area contributed by atoms with Gasteiger partial charge < -0.3 is 9.84 Å². The molecule has 3 aromatic carbocycles. The van der Waals surface area contributed by atoms with Gasteiger partial charge >= 0.3 is 0 Å². The molecule has 180 valence electrons. The molecule has 0 aliphatic heterocycles. The largest absolute Gasteiger partial charge is 0.507 e. The van der Waals surface area contributed by atoms with Crippen LogP contribution in [0.2, 0.25) is 5.02 Å². The van der Waals surface area contributed by atoms with E-state index in [0.29, 0.717) is 21.9 Å². The molecule has 1 amide bonds. The van der Waals surface area contributed by atoms with E-state index in [1.165, 1.54) is 55.6 Å². The van der Waals surface area contributed by atoms with E-state index in [1.54, 1.807) is 12.1 Å². The zero-order chi connectivity index (χ0) is 25.2. The van der Waals surface area contributed by atoms with Gasteiger partial charge in [-0.05, 0) is 83.6 Å². The Kier molecular flexibility index (Phi) is 7.58. The lowest BCUT2D eigenvalue weighted by Crippen LogP contribution is -2.37. The highest BCUT2D eigenvalue weighted by atomic mass is 35.5. The van der Waals surface area contributed by atoms with Gasteiger partial charge in [0.25, 0.3) is 15.9 Å². The van der Waals surface area contributed by atoms with Gasteiger partial charge in [-0.1, -0.05) is 39.3 Å². The number of methoxy groups -OCH3 is 1. The van der Waals surface area contributed by atoms with Crippen molar-refractivity contribution < 1.29 is 23.1 Å². The number of phenolic OH excluding ortho intramolecular Hbond substituents is 1. The SMILES string of the molecule is COc1ccc(S(=O)(=O)N(C(=O)c2ccc(Cl)cc2)c2cc(C(C)C)c(O)c(C(C)C)c2)cc1. The molecule has 1 N–H and O–H groups in total. The van der Waals surface area contributed by atoms with Gasteiger partial charge in [0.1, 0.15) is 11.5 Å². The minimum Gasteiger partial charge on any atom is -0.507 e. The molecule has 34 heavy (non-hydrogen) atoms. The zero-order valence-electron chi connectivity index (χ0n) is 19.7. The molecule has 8 heteroatoms. The Bertz CT molecular complexity index is 1250.